The van der Waals surface area contributed by atoms with E-state index in [1.807, 2.05) is 62.4 Å². The van der Waals surface area contributed by atoms with E-state index in [1.165, 1.54) is 0 Å². The van der Waals surface area contributed by atoms with Gasteiger partial charge in [-0.2, -0.15) is 0 Å². The number of pyridine rings is 1. The van der Waals surface area contributed by atoms with Crippen molar-refractivity contribution in [3.05, 3.63) is 78.2 Å². The molecular formula is C22H20N4O2. The van der Waals surface area contributed by atoms with E-state index in [1.54, 1.807) is 18.3 Å². The first-order valence-corrected chi connectivity index (χ1v) is 9.11. The number of carbonyl (C=O) groups is 1. The molecule has 1 amide bonds. The summed E-state index contributed by atoms with van der Waals surface area (Å²) in [6.45, 7) is 4.27. The number of hydrogen-bond donors (Lipinski definition) is 1. The van der Waals surface area contributed by atoms with Gasteiger partial charge in [-0.05, 0) is 56.3 Å². The molecule has 4 rings (SSSR count). The molecule has 0 aliphatic rings. The highest BCUT2D eigenvalue weighted by Gasteiger charge is 2.15. The maximum atomic E-state index is 12.7. The summed E-state index contributed by atoms with van der Waals surface area (Å²) in [4.78, 5) is 21.5. The molecule has 0 fully saturated rings. The molecule has 0 spiro atoms. The van der Waals surface area contributed by atoms with Crippen LogP contribution < -0.4 is 10.1 Å². The van der Waals surface area contributed by atoms with E-state index in [-0.39, 0.29) is 5.91 Å². The Bertz CT molecular complexity index is 1140. The van der Waals surface area contributed by atoms with Gasteiger partial charge in [0.2, 0.25) is 5.88 Å². The molecule has 0 saturated carbocycles. The number of carbonyl (C=O) groups excluding carboxylic acids is 1. The van der Waals surface area contributed by atoms with Gasteiger partial charge in [-0.25, -0.2) is 9.97 Å². The number of rotatable bonds is 5. The second-order valence-corrected chi connectivity index (χ2v) is 6.28. The minimum atomic E-state index is -0.268. The van der Waals surface area contributed by atoms with E-state index >= 15 is 0 Å². The number of ether oxygens (including phenoxy) is 1. The first-order chi connectivity index (χ1) is 13.7. The monoisotopic (exact) mass is 372 g/mol. The van der Waals surface area contributed by atoms with Crippen LogP contribution in [0.1, 0.15) is 23.1 Å². The molecule has 0 atom stereocenters. The van der Waals surface area contributed by atoms with Gasteiger partial charge in [0.1, 0.15) is 11.4 Å². The van der Waals surface area contributed by atoms with Crippen LogP contribution in [0.3, 0.4) is 0 Å². The number of nitrogens with one attached hydrogen (secondary N) is 1. The van der Waals surface area contributed by atoms with Crippen LogP contribution in [0, 0.1) is 6.92 Å². The summed E-state index contributed by atoms with van der Waals surface area (Å²) in [7, 11) is 0. The smallest absolute Gasteiger partial charge is 0.261 e. The van der Waals surface area contributed by atoms with Crippen molar-refractivity contribution in [3.8, 4) is 11.6 Å². The number of anilines is 1. The lowest BCUT2D eigenvalue weighted by molar-refractivity contribution is 0.102. The Balaban J connectivity index is 1.65. The van der Waals surface area contributed by atoms with Crippen LogP contribution in [0.15, 0.2) is 66.9 Å². The van der Waals surface area contributed by atoms with Crippen LogP contribution in [0.4, 0.5) is 5.69 Å². The number of hydrogen-bond acceptors (Lipinski definition) is 4. The predicted octanol–water partition coefficient (Wildman–Crippen LogP) is 4.38. The normalized spacial score (nSPS) is 10.8. The molecule has 0 radical (unpaired) electrons. The molecule has 6 heteroatoms. The van der Waals surface area contributed by atoms with Crippen LogP contribution >= 0.6 is 0 Å². The Labute approximate surface area is 162 Å². The number of imidazole rings is 1. The average molecular weight is 372 g/mol. The van der Waals surface area contributed by atoms with Gasteiger partial charge >= 0.3 is 0 Å². The van der Waals surface area contributed by atoms with E-state index in [2.05, 4.69) is 19.9 Å². The average Bonchev–Trinajstić information content (AvgIpc) is 3.04. The van der Waals surface area contributed by atoms with Crippen molar-refractivity contribution in [2.24, 2.45) is 0 Å². The maximum Gasteiger partial charge on any atom is 0.261 e. The van der Waals surface area contributed by atoms with Crippen LogP contribution in [0.25, 0.3) is 16.7 Å². The Morgan fingerprint density at radius 1 is 1.11 bits per heavy atom. The molecule has 2 heterocycles. The highest BCUT2D eigenvalue weighted by Crippen LogP contribution is 2.25. The van der Waals surface area contributed by atoms with E-state index < -0.39 is 0 Å². The minimum Gasteiger partial charge on any atom is -0.477 e. The fourth-order valence-corrected chi connectivity index (χ4v) is 3.20. The maximum absolute atomic E-state index is 12.7. The Hall–Kier alpha value is -3.67. The molecule has 140 valence electrons. The van der Waals surface area contributed by atoms with Crippen molar-refractivity contribution >= 4 is 22.6 Å². The summed E-state index contributed by atoms with van der Waals surface area (Å²) < 4.78 is 7.54. The van der Waals surface area contributed by atoms with Crippen molar-refractivity contribution in [1.29, 1.82) is 0 Å². The fraction of sp³-hybridized carbons (Fsp3) is 0.136. The number of benzene rings is 2. The van der Waals surface area contributed by atoms with E-state index in [4.69, 9.17) is 4.74 Å². The molecular weight excluding hydrogens is 352 g/mol. The third-order valence-corrected chi connectivity index (χ3v) is 4.39. The van der Waals surface area contributed by atoms with Crippen molar-refractivity contribution in [3.63, 3.8) is 0 Å². The van der Waals surface area contributed by atoms with Crippen LogP contribution in [0.5, 0.6) is 5.88 Å². The largest absolute Gasteiger partial charge is 0.477 e. The quantitative estimate of drug-likeness (QED) is 0.564. The van der Waals surface area contributed by atoms with Gasteiger partial charge in [0, 0.05) is 17.6 Å². The summed E-state index contributed by atoms with van der Waals surface area (Å²) >= 11 is 0. The molecule has 4 aromatic rings. The number of aromatic nitrogens is 3. The third-order valence-electron chi connectivity index (χ3n) is 4.39. The van der Waals surface area contributed by atoms with E-state index in [0.717, 1.165) is 22.5 Å². The van der Waals surface area contributed by atoms with Crippen LogP contribution in [0.2, 0.25) is 0 Å². The number of amides is 1. The molecule has 0 unspecified atom stereocenters. The molecule has 2 aromatic heterocycles. The number of aryl methyl sites for hydroxylation is 1. The first-order valence-electron chi connectivity index (χ1n) is 9.11. The summed E-state index contributed by atoms with van der Waals surface area (Å²) in [6.07, 6.45) is 1.60. The van der Waals surface area contributed by atoms with Crippen LogP contribution in [-0.4, -0.2) is 27.0 Å². The van der Waals surface area contributed by atoms with Gasteiger partial charge in [0.15, 0.2) is 0 Å². The number of fused-ring (bicyclic) bond motifs is 1. The highest BCUT2D eigenvalue weighted by atomic mass is 16.5. The number of nitrogens with zero attached hydrogens (tertiary/aromatic N) is 3. The summed E-state index contributed by atoms with van der Waals surface area (Å²) in [5.41, 5.74) is 3.92. The molecule has 6 nitrogen and oxygen atoms in total. The van der Waals surface area contributed by atoms with Crippen LogP contribution in [-0.2, 0) is 0 Å². The SMILES string of the molecule is CCOc1ncccc1C(=O)Nc1ccc2c(c1)nc(C)n2-c1ccccc1. The molecule has 28 heavy (non-hydrogen) atoms. The van der Waals surface area contributed by atoms with E-state index in [0.29, 0.717) is 23.7 Å². The molecule has 0 aliphatic carbocycles. The topological polar surface area (TPSA) is 69.0 Å². The lowest BCUT2D eigenvalue weighted by Gasteiger charge is -2.10. The van der Waals surface area contributed by atoms with E-state index in [9.17, 15) is 4.79 Å². The summed E-state index contributed by atoms with van der Waals surface area (Å²) in [5.74, 6) is 0.943. The zero-order valence-electron chi connectivity index (χ0n) is 15.7. The van der Waals surface area contributed by atoms with Gasteiger partial charge in [-0.3, -0.25) is 9.36 Å². The molecule has 1 N–H and O–H groups in total. The second kappa shape index (κ2) is 7.52. The Morgan fingerprint density at radius 2 is 1.93 bits per heavy atom. The minimum absolute atomic E-state index is 0.268. The van der Waals surface area contributed by atoms with Crippen molar-refractivity contribution < 1.29 is 9.53 Å². The summed E-state index contributed by atoms with van der Waals surface area (Å²) in [5, 5.41) is 2.91. The second-order valence-electron chi connectivity index (χ2n) is 6.28. The standard InChI is InChI=1S/C22H20N4O2/c1-3-28-22-18(10-7-13-23-22)21(27)25-16-11-12-20-19(14-16)24-15(2)26(20)17-8-5-4-6-9-17/h4-14H,3H2,1-2H3,(H,25,27). The molecule has 0 bridgehead atoms. The van der Waals surface area contributed by atoms with Gasteiger partial charge in [0.25, 0.3) is 5.91 Å². The molecule has 2 aromatic carbocycles. The fourth-order valence-electron chi connectivity index (χ4n) is 3.20. The zero-order valence-corrected chi connectivity index (χ0v) is 15.7. The van der Waals surface area contributed by atoms with Crippen molar-refractivity contribution in [1.82, 2.24) is 14.5 Å². The van der Waals surface area contributed by atoms with Gasteiger partial charge in [-0.15, -0.1) is 0 Å². The van der Waals surface area contributed by atoms with Gasteiger partial charge in [-0.1, -0.05) is 18.2 Å². The van der Waals surface area contributed by atoms with Crippen molar-refractivity contribution in [2.75, 3.05) is 11.9 Å². The van der Waals surface area contributed by atoms with Gasteiger partial charge < -0.3 is 10.1 Å². The van der Waals surface area contributed by atoms with Crippen molar-refractivity contribution in [2.45, 2.75) is 13.8 Å². The number of para-hydroxylation sites is 1. The molecule has 0 aliphatic heterocycles. The summed E-state index contributed by atoms with van der Waals surface area (Å²) in [6, 6.07) is 19.2. The highest BCUT2D eigenvalue weighted by molar-refractivity contribution is 6.06. The lowest BCUT2D eigenvalue weighted by atomic mass is 10.2. The Kier molecular flexibility index (Phi) is 4.76. The van der Waals surface area contributed by atoms with Gasteiger partial charge in [0.05, 0.1) is 17.6 Å². The Morgan fingerprint density at radius 3 is 2.71 bits per heavy atom. The first kappa shape index (κ1) is 17.7. The third kappa shape index (κ3) is 3.32. The zero-order chi connectivity index (χ0) is 19.5. The lowest BCUT2D eigenvalue weighted by Crippen LogP contribution is -2.14. The molecule has 0 saturated heterocycles. The predicted molar refractivity (Wildman–Crippen MR) is 109 cm³/mol.